The van der Waals surface area contributed by atoms with Crippen LogP contribution in [-0.2, 0) is 0 Å². The molecule has 4 heterocycles. The molecule has 186 valence electrons. The van der Waals surface area contributed by atoms with Crippen LogP contribution in [0.25, 0.3) is 5.52 Å². The van der Waals surface area contributed by atoms with Crippen LogP contribution in [0, 0.1) is 18.8 Å². The summed E-state index contributed by atoms with van der Waals surface area (Å²) in [5.41, 5.74) is 1.30. The van der Waals surface area contributed by atoms with E-state index in [0.717, 1.165) is 11.6 Å². The fraction of sp³-hybridized carbons (Fsp3) is 0.391. The zero-order chi connectivity index (χ0) is 25.2. The number of piperidine rings is 1. The third kappa shape index (κ3) is 6.35. The van der Waals surface area contributed by atoms with Gasteiger partial charge >= 0.3 is 210 Å². The Balaban J connectivity index is 1.59. The standard InChI is InChI=1S/C23H23F4N5OSSe/c1-14-29-12-20(34-14)21(33)28-8-3-5-15-11-19-18(30-17-7-10-31(2)13-16(17)24)6-4-9-32(19)22(15)35-23(25,26)27/h4,6,9,11-12,16-17,30H,7-8,10,13H2,1-2H3,(H,28,33). The minimum atomic E-state index is -4.38. The van der Waals surface area contributed by atoms with Crippen molar-refractivity contribution in [3.63, 3.8) is 0 Å². The second-order valence-corrected chi connectivity index (χ2v) is 11.6. The number of alkyl halides is 4. The molecule has 12 heteroatoms. The molecule has 2 unspecified atom stereocenters. The van der Waals surface area contributed by atoms with Gasteiger partial charge in [0.15, 0.2) is 0 Å². The first-order chi connectivity index (χ1) is 16.6. The predicted octanol–water partition coefficient (Wildman–Crippen LogP) is 2.79. The SMILES string of the molecule is Cc1ncc(C(=O)NCC#Cc2cc3c(NC4CCN(C)CC4F)cccn3c2[Se]C(F)(F)F)s1. The van der Waals surface area contributed by atoms with Crippen molar-refractivity contribution in [3.05, 3.63) is 46.0 Å². The summed E-state index contributed by atoms with van der Waals surface area (Å²) in [6.45, 7) is 2.79. The Morgan fingerprint density at radius 3 is 2.89 bits per heavy atom. The third-order valence-electron chi connectivity index (χ3n) is 5.47. The first-order valence-corrected chi connectivity index (χ1v) is 13.3. The van der Waals surface area contributed by atoms with Crippen LogP contribution in [0.3, 0.4) is 0 Å². The number of carbonyl (C=O) groups is 1. The van der Waals surface area contributed by atoms with Crippen molar-refractivity contribution in [1.29, 1.82) is 0 Å². The van der Waals surface area contributed by atoms with E-state index in [9.17, 15) is 22.4 Å². The van der Waals surface area contributed by atoms with E-state index in [1.54, 1.807) is 31.3 Å². The summed E-state index contributed by atoms with van der Waals surface area (Å²) in [5, 5.41) is 2.20. The van der Waals surface area contributed by atoms with E-state index in [1.165, 1.54) is 21.9 Å². The Kier molecular flexibility index (Phi) is 7.71. The average Bonchev–Trinajstić information content (AvgIpc) is 3.36. The van der Waals surface area contributed by atoms with E-state index < -0.39 is 32.2 Å². The number of nitrogens with zero attached hydrogens (tertiary/aromatic N) is 3. The van der Waals surface area contributed by atoms with Gasteiger partial charge in [0.1, 0.15) is 0 Å². The fourth-order valence-electron chi connectivity index (χ4n) is 3.84. The second kappa shape index (κ2) is 10.6. The maximum atomic E-state index is 14.6. The number of aromatic nitrogens is 2. The van der Waals surface area contributed by atoms with E-state index >= 15 is 0 Å². The van der Waals surface area contributed by atoms with Gasteiger partial charge in [-0.25, -0.2) is 0 Å². The number of carbonyl (C=O) groups excluding carboxylic acids is 1. The molecular weight excluding hydrogens is 549 g/mol. The van der Waals surface area contributed by atoms with Crippen molar-refractivity contribution in [2.75, 3.05) is 32.0 Å². The van der Waals surface area contributed by atoms with Crippen LogP contribution in [-0.4, -0.2) is 79.1 Å². The van der Waals surface area contributed by atoms with Crippen LogP contribution in [0.5, 0.6) is 0 Å². The fourth-order valence-corrected chi connectivity index (χ4v) is 5.99. The van der Waals surface area contributed by atoms with Crippen LogP contribution in [0.2, 0.25) is 0 Å². The van der Waals surface area contributed by atoms with E-state index in [4.69, 9.17) is 0 Å². The molecule has 35 heavy (non-hydrogen) atoms. The van der Waals surface area contributed by atoms with Crippen LogP contribution in [0.15, 0.2) is 30.6 Å². The zero-order valence-corrected chi connectivity index (χ0v) is 21.5. The van der Waals surface area contributed by atoms with Crippen molar-refractivity contribution in [1.82, 2.24) is 19.6 Å². The Labute approximate surface area is 210 Å². The summed E-state index contributed by atoms with van der Waals surface area (Å²) in [6.07, 6.45) is 2.52. The molecule has 0 aromatic carbocycles. The topological polar surface area (TPSA) is 61.7 Å². The number of hydrogen-bond acceptors (Lipinski definition) is 5. The summed E-state index contributed by atoms with van der Waals surface area (Å²) < 4.78 is 56.3. The van der Waals surface area contributed by atoms with Crippen LogP contribution < -0.4 is 15.2 Å². The first-order valence-electron chi connectivity index (χ1n) is 10.8. The number of nitrogens with one attached hydrogen (secondary N) is 2. The van der Waals surface area contributed by atoms with Crippen LogP contribution >= 0.6 is 11.3 Å². The number of anilines is 1. The number of rotatable bonds is 5. The molecule has 6 nitrogen and oxygen atoms in total. The van der Waals surface area contributed by atoms with Gasteiger partial charge in [0.25, 0.3) is 0 Å². The van der Waals surface area contributed by atoms with Crippen LogP contribution in [0.1, 0.15) is 26.7 Å². The molecule has 4 rings (SSSR count). The molecule has 0 bridgehead atoms. The number of halogens is 4. The van der Waals surface area contributed by atoms with Crippen molar-refractivity contribution < 1.29 is 22.4 Å². The Morgan fingerprint density at radius 2 is 2.20 bits per heavy atom. The van der Waals surface area contributed by atoms with Crippen molar-refractivity contribution in [2.45, 2.75) is 30.6 Å². The average molecular weight is 572 g/mol. The minimum absolute atomic E-state index is 0.0232. The molecule has 3 aromatic rings. The normalized spacial score (nSPS) is 18.8. The van der Waals surface area contributed by atoms with E-state index in [0.29, 0.717) is 29.0 Å². The summed E-state index contributed by atoms with van der Waals surface area (Å²) >= 11 is -0.601. The molecule has 2 N–H and O–H groups in total. The maximum absolute atomic E-state index is 14.6. The number of likely N-dealkylation sites (tertiary alicyclic amines) is 1. The van der Waals surface area contributed by atoms with E-state index in [1.807, 2.05) is 11.9 Å². The van der Waals surface area contributed by atoms with E-state index in [2.05, 4.69) is 27.5 Å². The van der Waals surface area contributed by atoms with Gasteiger partial charge in [0.05, 0.1) is 0 Å². The summed E-state index contributed by atoms with van der Waals surface area (Å²) in [4.78, 5) is 18.5. The Bertz CT molecular complexity index is 1280. The molecule has 1 saturated heterocycles. The van der Waals surface area contributed by atoms with Crippen molar-refractivity contribution in [2.24, 2.45) is 0 Å². The molecule has 1 aliphatic heterocycles. The third-order valence-corrected chi connectivity index (χ3v) is 8.14. The number of thiazole rings is 1. The Morgan fingerprint density at radius 1 is 1.40 bits per heavy atom. The number of pyridine rings is 1. The zero-order valence-electron chi connectivity index (χ0n) is 18.9. The van der Waals surface area contributed by atoms with Gasteiger partial charge in [-0.1, -0.05) is 0 Å². The van der Waals surface area contributed by atoms with Gasteiger partial charge in [-0.2, -0.15) is 0 Å². The molecule has 1 amide bonds. The Hall–Kier alpha value is -2.58. The van der Waals surface area contributed by atoms with Gasteiger partial charge in [-0.05, 0) is 0 Å². The molecular formula is C23H23F4N5OSSe. The molecule has 1 fully saturated rings. The quantitative estimate of drug-likeness (QED) is 0.281. The number of aryl methyl sites for hydroxylation is 1. The monoisotopic (exact) mass is 573 g/mol. The molecule has 2 atom stereocenters. The van der Waals surface area contributed by atoms with Crippen LogP contribution in [0.4, 0.5) is 23.2 Å². The molecule has 0 radical (unpaired) electrons. The van der Waals surface area contributed by atoms with Crippen molar-refractivity contribution in [3.8, 4) is 11.8 Å². The summed E-state index contributed by atoms with van der Waals surface area (Å²) in [5.74, 6) is 5.21. The number of fused-ring (bicyclic) bond motifs is 1. The first kappa shape index (κ1) is 25.5. The predicted molar refractivity (Wildman–Crippen MR) is 129 cm³/mol. The summed E-state index contributed by atoms with van der Waals surface area (Å²) in [6, 6.07) is 4.54. The molecule has 0 aliphatic carbocycles. The molecule has 3 aromatic heterocycles. The van der Waals surface area contributed by atoms with Gasteiger partial charge in [-0.3, -0.25) is 0 Å². The number of amides is 1. The molecule has 1 aliphatic rings. The van der Waals surface area contributed by atoms with Gasteiger partial charge in [0, 0.05) is 0 Å². The molecule has 0 saturated carbocycles. The van der Waals surface area contributed by atoms with Crippen molar-refractivity contribution >= 4 is 48.0 Å². The second-order valence-electron chi connectivity index (χ2n) is 8.13. The van der Waals surface area contributed by atoms with Gasteiger partial charge < -0.3 is 0 Å². The molecule has 0 spiro atoms. The number of hydrogen-bond donors (Lipinski definition) is 2. The van der Waals surface area contributed by atoms with Gasteiger partial charge in [-0.15, -0.1) is 0 Å². The van der Waals surface area contributed by atoms with Gasteiger partial charge in [0.2, 0.25) is 0 Å². The summed E-state index contributed by atoms with van der Waals surface area (Å²) in [7, 11) is 1.85. The van der Waals surface area contributed by atoms with E-state index in [-0.39, 0.29) is 22.6 Å².